The molecule has 1 nitrogen and oxygen atoms in total. The van der Waals surface area contributed by atoms with Crippen LogP contribution in [-0.2, 0) is 0 Å². The van der Waals surface area contributed by atoms with E-state index in [0.29, 0.717) is 5.02 Å². The molecule has 2 rings (SSSR count). The van der Waals surface area contributed by atoms with Crippen LogP contribution in [0.4, 0.5) is 0 Å². The molecule has 2 aromatic rings. The van der Waals surface area contributed by atoms with Crippen LogP contribution in [0.25, 0.3) is 12.2 Å². The fourth-order valence-corrected chi connectivity index (χ4v) is 1.54. The Hall–Kier alpha value is -1.60. The first-order valence-corrected chi connectivity index (χ1v) is 5.49. The van der Waals surface area contributed by atoms with Gasteiger partial charge in [0.15, 0.2) is 0 Å². The van der Waals surface area contributed by atoms with Gasteiger partial charge in [0.25, 0.3) is 0 Å². The van der Waals surface area contributed by atoms with Crippen LogP contribution < -0.4 is 0 Å². The zero-order chi connectivity index (χ0) is 11.4. The van der Waals surface area contributed by atoms with Crippen LogP contribution in [0, 0.1) is 6.92 Å². The molecule has 1 aromatic carbocycles. The highest BCUT2D eigenvalue weighted by Crippen LogP contribution is 2.15. The SMILES string of the molecule is Cc1ncc(C=Cc2ccccc2)cc1Cl. The Morgan fingerprint density at radius 1 is 1.06 bits per heavy atom. The number of halogens is 1. The fraction of sp³-hybridized carbons (Fsp3) is 0.0714. The van der Waals surface area contributed by atoms with Crippen molar-refractivity contribution in [3.8, 4) is 0 Å². The molecule has 0 fully saturated rings. The Morgan fingerprint density at radius 2 is 1.75 bits per heavy atom. The first-order valence-electron chi connectivity index (χ1n) is 5.11. The maximum Gasteiger partial charge on any atom is 0.0624 e. The van der Waals surface area contributed by atoms with Gasteiger partial charge in [0.1, 0.15) is 0 Å². The van der Waals surface area contributed by atoms with E-state index in [0.717, 1.165) is 11.3 Å². The van der Waals surface area contributed by atoms with Gasteiger partial charge in [0.2, 0.25) is 0 Å². The van der Waals surface area contributed by atoms with E-state index < -0.39 is 0 Å². The molecule has 0 unspecified atom stereocenters. The molecular weight excluding hydrogens is 218 g/mol. The average molecular weight is 230 g/mol. The molecule has 1 heterocycles. The summed E-state index contributed by atoms with van der Waals surface area (Å²) < 4.78 is 0. The lowest BCUT2D eigenvalue weighted by Crippen LogP contribution is -1.83. The number of hydrogen-bond acceptors (Lipinski definition) is 1. The van der Waals surface area contributed by atoms with Crippen molar-refractivity contribution < 1.29 is 0 Å². The summed E-state index contributed by atoms with van der Waals surface area (Å²) in [6.45, 7) is 1.90. The molecule has 0 aliphatic carbocycles. The second-order valence-electron chi connectivity index (χ2n) is 3.58. The van der Waals surface area contributed by atoms with Gasteiger partial charge in [-0.1, -0.05) is 54.1 Å². The van der Waals surface area contributed by atoms with Crippen LogP contribution in [0.1, 0.15) is 16.8 Å². The highest BCUT2D eigenvalue weighted by Gasteiger charge is 1.95. The number of nitrogens with zero attached hydrogens (tertiary/aromatic N) is 1. The third-order valence-corrected chi connectivity index (χ3v) is 2.70. The molecular formula is C14H12ClN. The van der Waals surface area contributed by atoms with Crippen molar-refractivity contribution in [3.05, 3.63) is 64.4 Å². The van der Waals surface area contributed by atoms with Gasteiger partial charge in [-0.05, 0) is 24.1 Å². The minimum Gasteiger partial charge on any atom is -0.259 e. The molecule has 0 spiro atoms. The zero-order valence-corrected chi connectivity index (χ0v) is 9.78. The topological polar surface area (TPSA) is 12.9 Å². The van der Waals surface area contributed by atoms with E-state index >= 15 is 0 Å². The van der Waals surface area contributed by atoms with E-state index in [1.54, 1.807) is 0 Å². The van der Waals surface area contributed by atoms with Gasteiger partial charge in [0, 0.05) is 6.20 Å². The molecule has 0 aliphatic rings. The van der Waals surface area contributed by atoms with Crippen molar-refractivity contribution in [2.45, 2.75) is 6.92 Å². The molecule has 80 valence electrons. The van der Waals surface area contributed by atoms with Crippen LogP contribution >= 0.6 is 11.6 Å². The molecule has 0 saturated carbocycles. The summed E-state index contributed by atoms with van der Waals surface area (Å²) in [4.78, 5) is 4.21. The van der Waals surface area contributed by atoms with Crippen LogP contribution in [-0.4, -0.2) is 4.98 Å². The summed E-state index contributed by atoms with van der Waals surface area (Å²) in [7, 11) is 0. The van der Waals surface area contributed by atoms with Crippen LogP contribution in [0.2, 0.25) is 5.02 Å². The first kappa shape index (κ1) is 10.9. The Bertz CT molecular complexity index is 503. The summed E-state index contributed by atoms with van der Waals surface area (Å²) in [5.74, 6) is 0. The van der Waals surface area contributed by atoms with Gasteiger partial charge in [0.05, 0.1) is 10.7 Å². The molecule has 0 N–H and O–H groups in total. The van der Waals surface area contributed by atoms with Crippen molar-refractivity contribution in [2.24, 2.45) is 0 Å². The third-order valence-electron chi connectivity index (χ3n) is 2.31. The van der Waals surface area contributed by atoms with Crippen molar-refractivity contribution in [3.63, 3.8) is 0 Å². The highest BCUT2D eigenvalue weighted by atomic mass is 35.5. The molecule has 0 bridgehead atoms. The van der Waals surface area contributed by atoms with Gasteiger partial charge >= 0.3 is 0 Å². The molecule has 1 aromatic heterocycles. The van der Waals surface area contributed by atoms with Crippen LogP contribution in [0.3, 0.4) is 0 Å². The summed E-state index contributed by atoms with van der Waals surface area (Å²) in [6.07, 6.45) is 5.87. The van der Waals surface area contributed by atoms with E-state index in [1.165, 1.54) is 5.56 Å². The third kappa shape index (κ3) is 2.71. The highest BCUT2D eigenvalue weighted by molar-refractivity contribution is 6.31. The quantitative estimate of drug-likeness (QED) is 0.752. The summed E-state index contributed by atoms with van der Waals surface area (Å²) in [5, 5.41) is 0.704. The molecule has 0 radical (unpaired) electrons. The smallest absolute Gasteiger partial charge is 0.0624 e. The van der Waals surface area contributed by atoms with Crippen LogP contribution in [0.15, 0.2) is 42.6 Å². The van der Waals surface area contributed by atoms with Crippen LogP contribution in [0.5, 0.6) is 0 Å². The Labute approximate surface area is 100 Å². The van der Waals surface area contributed by atoms with Crippen molar-refractivity contribution in [2.75, 3.05) is 0 Å². The van der Waals surface area contributed by atoms with Gasteiger partial charge in [-0.25, -0.2) is 0 Å². The molecule has 0 amide bonds. The summed E-state index contributed by atoms with van der Waals surface area (Å²) >= 11 is 6.00. The Morgan fingerprint density at radius 3 is 2.44 bits per heavy atom. The Kier molecular flexibility index (Phi) is 3.37. The number of hydrogen-bond donors (Lipinski definition) is 0. The fourth-order valence-electron chi connectivity index (χ4n) is 1.37. The maximum absolute atomic E-state index is 6.00. The van der Waals surface area contributed by atoms with E-state index in [-0.39, 0.29) is 0 Å². The second-order valence-corrected chi connectivity index (χ2v) is 3.99. The number of pyridine rings is 1. The Balaban J connectivity index is 2.21. The number of rotatable bonds is 2. The summed E-state index contributed by atoms with van der Waals surface area (Å²) in [5.41, 5.74) is 3.04. The number of aryl methyl sites for hydroxylation is 1. The zero-order valence-electron chi connectivity index (χ0n) is 9.02. The van der Waals surface area contributed by atoms with Crippen molar-refractivity contribution in [1.29, 1.82) is 0 Å². The predicted octanol–water partition coefficient (Wildman–Crippen LogP) is 4.21. The van der Waals surface area contributed by atoms with E-state index in [4.69, 9.17) is 11.6 Å². The minimum absolute atomic E-state index is 0.704. The van der Waals surface area contributed by atoms with E-state index in [1.807, 2.05) is 49.5 Å². The molecule has 2 heteroatoms. The second kappa shape index (κ2) is 4.95. The standard InChI is InChI=1S/C14H12ClN/c1-11-14(15)9-13(10-16-11)8-7-12-5-3-2-4-6-12/h2-10H,1H3. The van der Waals surface area contributed by atoms with E-state index in [2.05, 4.69) is 17.1 Å². The molecule has 16 heavy (non-hydrogen) atoms. The maximum atomic E-state index is 6.00. The lowest BCUT2D eigenvalue weighted by Gasteiger charge is -1.98. The molecule has 0 aliphatic heterocycles. The van der Waals surface area contributed by atoms with Gasteiger partial charge < -0.3 is 0 Å². The van der Waals surface area contributed by atoms with Gasteiger partial charge in [-0.15, -0.1) is 0 Å². The summed E-state index contributed by atoms with van der Waals surface area (Å²) in [6, 6.07) is 12.1. The normalized spacial score (nSPS) is 10.9. The van der Waals surface area contributed by atoms with Gasteiger partial charge in [-0.3, -0.25) is 4.98 Å². The lowest BCUT2D eigenvalue weighted by molar-refractivity contribution is 1.19. The molecule has 0 atom stereocenters. The monoisotopic (exact) mass is 229 g/mol. The largest absolute Gasteiger partial charge is 0.259 e. The average Bonchev–Trinajstić information content (AvgIpc) is 2.32. The van der Waals surface area contributed by atoms with Crippen molar-refractivity contribution >= 4 is 23.8 Å². The molecule has 0 saturated heterocycles. The predicted molar refractivity (Wildman–Crippen MR) is 69.4 cm³/mol. The lowest BCUT2D eigenvalue weighted by atomic mass is 10.1. The minimum atomic E-state index is 0.704. The van der Waals surface area contributed by atoms with E-state index in [9.17, 15) is 0 Å². The number of benzene rings is 1. The van der Waals surface area contributed by atoms with Crippen molar-refractivity contribution in [1.82, 2.24) is 4.98 Å². The first-order chi connectivity index (χ1) is 7.75. The van der Waals surface area contributed by atoms with Gasteiger partial charge in [-0.2, -0.15) is 0 Å². The number of aromatic nitrogens is 1.